The number of carbonyl (C=O) groups excluding carboxylic acids is 5. The second kappa shape index (κ2) is 12.3. The number of Topliss-reactive ketones (excluding diaryl/α,β-unsaturated/α-hetero) is 1. The summed E-state index contributed by atoms with van der Waals surface area (Å²) in [5.74, 6) is -1.44. The first kappa shape index (κ1) is 32.0. The van der Waals surface area contributed by atoms with Crippen molar-refractivity contribution in [1.29, 1.82) is 0 Å². The molecule has 2 atom stereocenters. The first-order valence-electron chi connectivity index (χ1n) is 14.2. The van der Waals surface area contributed by atoms with Crippen LogP contribution in [0.4, 0.5) is 10.5 Å². The van der Waals surface area contributed by atoms with E-state index in [0.717, 1.165) is 12.8 Å². The minimum atomic E-state index is -1.99. The van der Waals surface area contributed by atoms with Crippen LogP contribution in [0.3, 0.4) is 0 Å². The van der Waals surface area contributed by atoms with Crippen molar-refractivity contribution < 1.29 is 38.0 Å². The molecule has 2 heterocycles. The Bertz CT molecular complexity index is 1420. The number of quaternary nitrogens is 1. The van der Waals surface area contributed by atoms with Crippen LogP contribution < -0.4 is 10.7 Å². The Balaban J connectivity index is 1.87. The van der Waals surface area contributed by atoms with Crippen molar-refractivity contribution in [1.82, 2.24) is 10.3 Å². The van der Waals surface area contributed by atoms with Gasteiger partial charge in [0.05, 0.1) is 23.8 Å². The maximum Gasteiger partial charge on any atom is 0.452 e. The number of nitrogens with zero attached hydrogens (tertiary/aromatic N) is 2. The number of carbonyl (C=O) groups is 5. The molecule has 0 saturated carbocycles. The van der Waals surface area contributed by atoms with E-state index in [1.54, 1.807) is 63.8 Å². The summed E-state index contributed by atoms with van der Waals surface area (Å²) in [5.41, 5.74) is 1.08. The Morgan fingerprint density at radius 3 is 2.35 bits per heavy atom. The molecule has 3 amide bonds. The Hall–Kier alpha value is -3.96. The number of hydrogen-bond acceptors (Lipinski definition) is 8. The van der Waals surface area contributed by atoms with E-state index in [2.05, 4.69) is 10.7 Å². The van der Waals surface area contributed by atoms with Gasteiger partial charge in [-0.1, -0.05) is 23.7 Å². The van der Waals surface area contributed by atoms with Crippen LogP contribution in [0.25, 0.3) is 0 Å². The highest BCUT2D eigenvalue weighted by Crippen LogP contribution is 2.40. The third-order valence-corrected chi connectivity index (χ3v) is 7.54. The lowest BCUT2D eigenvalue weighted by Gasteiger charge is -2.49. The molecule has 2 aliphatic rings. The van der Waals surface area contributed by atoms with E-state index >= 15 is 0 Å². The Labute approximate surface area is 256 Å². The quantitative estimate of drug-likeness (QED) is 0.187. The maximum atomic E-state index is 14.5. The van der Waals surface area contributed by atoms with E-state index in [-0.39, 0.29) is 18.3 Å². The number of amides is 3. The van der Waals surface area contributed by atoms with E-state index in [1.807, 2.05) is 0 Å². The topological polar surface area (TPSA) is 131 Å². The van der Waals surface area contributed by atoms with Crippen LogP contribution in [0.15, 0.2) is 42.5 Å². The average molecular weight is 614 g/mol. The number of esters is 1. The van der Waals surface area contributed by atoms with Crippen molar-refractivity contribution in [2.24, 2.45) is 0 Å². The largest absolute Gasteiger partial charge is 0.459 e. The van der Waals surface area contributed by atoms with Gasteiger partial charge in [-0.3, -0.25) is 9.59 Å². The molecule has 2 aromatic rings. The molecule has 2 N–H and O–H groups in total. The number of halogens is 1. The number of ketones is 1. The van der Waals surface area contributed by atoms with Crippen LogP contribution in [0.1, 0.15) is 80.2 Å². The monoisotopic (exact) mass is 613 g/mol. The van der Waals surface area contributed by atoms with E-state index in [0.29, 0.717) is 41.2 Å². The van der Waals surface area contributed by atoms with Crippen LogP contribution >= 0.6 is 11.6 Å². The highest BCUT2D eigenvalue weighted by atomic mass is 35.5. The van der Waals surface area contributed by atoms with Gasteiger partial charge in [-0.05, 0) is 77.8 Å². The molecule has 0 radical (unpaired) electrons. The van der Waals surface area contributed by atoms with Gasteiger partial charge < -0.3 is 19.7 Å². The Kier molecular flexibility index (Phi) is 9.17. The fourth-order valence-corrected chi connectivity index (χ4v) is 5.56. The summed E-state index contributed by atoms with van der Waals surface area (Å²) in [6.07, 6.45) is 0.238. The van der Waals surface area contributed by atoms with E-state index in [1.165, 1.54) is 18.2 Å². The molecule has 2 aliphatic heterocycles. The first-order valence-corrected chi connectivity index (χ1v) is 14.6. The van der Waals surface area contributed by atoms with Gasteiger partial charge in [0.25, 0.3) is 5.66 Å². The lowest BCUT2D eigenvalue weighted by molar-refractivity contribution is -0.930. The molecular formula is C31H38ClN4O7+. The predicted octanol–water partition coefficient (Wildman–Crippen LogP) is 4.84. The highest BCUT2D eigenvalue weighted by Gasteiger charge is 2.64. The van der Waals surface area contributed by atoms with Gasteiger partial charge in [-0.2, -0.15) is 5.43 Å². The molecule has 2 aromatic carbocycles. The molecule has 0 spiro atoms. The molecule has 12 heteroatoms. The molecule has 2 unspecified atom stereocenters. The summed E-state index contributed by atoms with van der Waals surface area (Å²) in [7, 11) is 0. The molecule has 4 rings (SSSR count). The SMILES string of the molecule is CC(C)OC(=O)c1ccc(C[N+](C=O)(NC(=O)OC(C)(C)C)C2(C(=O)N3CCCC3)CC(=O)c3ccc(Cl)cc3N2)cc1. The minimum absolute atomic E-state index is 0.262. The molecular weight excluding hydrogens is 576 g/mol. The number of likely N-dealkylation sites (tertiary alicyclic amines) is 1. The van der Waals surface area contributed by atoms with Crippen LogP contribution in [-0.4, -0.2) is 70.1 Å². The van der Waals surface area contributed by atoms with Crippen LogP contribution in [0.5, 0.6) is 0 Å². The zero-order chi connectivity index (χ0) is 31.6. The number of anilines is 1. The second-order valence-corrected chi connectivity index (χ2v) is 12.6. The van der Waals surface area contributed by atoms with Crippen LogP contribution in [-0.2, 0) is 25.6 Å². The van der Waals surface area contributed by atoms with E-state index in [4.69, 9.17) is 21.1 Å². The number of hydrogen-bond donors (Lipinski definition) is 2. The Morgan fingerprint density at radius 1 is 1.12 bits per heavy atom. The fraction of sp³-hybridized carbons (Fsp3) is 0.452. The van der Waals surface area contributed by atoms with Crippen molar-refractivity contribution in [2.75, 3.05) is 18.4 Å². The zero-order valence-corrected chi connectivity index (χ0v) is 25.8. The van der Waals surface area contributed by atoms with E-state index in [9.17, 15) is 24.0 Å². The van der Waals surface area contributed by atoms with Gasteiger partial charge in [0, 0.05) is 29.2 Å². The van der Waals surface area contributed by atoms with E-state index < -0.39 is 46.0 Å². The molecule has 11 nitrogen and oxygen atoms in total. The standard InChI is InChI=1S/C31H37ClN4O7/c1-20(2)42-27(39)22-10-8-21(9-11-22)18-36(19-37,34-29(41)43-30(3,4)5)31(28(40)35-14-6-7-15-35)17-26(38)24-13-12-23(32)16-25(24)33-31/h8-13,16,19-20H,6-7,14-15,17-18H2,1-5H3,(H-,33,34,38,41)/p+1. The van der Waals surface area contributed by atoms with Crippen LogP contribution in [0, 0.1) is 0 Å². The summed E-state index contributed by atoms with van der Waals surface area (Å²) in [5, 5.41) is 3.51. The third-order valence-electron chi connectivity index (χ3n) is 7.30. The van der Waals surface area contributed by atoms with Crippen molar-refractivity contribution in [2.45, 2.75) is 77.8 Å². The van der Waals surface area contributed by atoms with Gasteiger partial charge in [-0.25, -0.2) is 14.4 Å². The summed E-state index contributed by atoms with van der Waals surface area (Å²) in [4.78, 5) is 69.0. The van der Waals surface area contributed by atoms with Crippen molar-refractivity contribution in [3.8, 4) is 0 Å². The molecule has 1 saturated heterocycles. The predicted molar refractivity (Wildman–Crippen MR) is 159 cm³/mol. The number of rotatable bonds is 8. The number of nitrogens with one attached hydrogen (secondary N) is 2. The zero-order valence-electron chi connectivity index (χ0n) is 25.1. The first-order chi connectivity index (χ1) is 20.2. The fourth-order valence-electron chi connectivity index (χ4n) is 5.38. The second-order valence-electron chi connectivity index (χ2n) is 12.2. The number of ether oxygens (including phenoxy) is 2. The molecule has 1 fully saturated rings. The van der Waals surface area contributed by atoms with Crippen molar-refractivity contribution in [3.63, 3.8) is 0 Å². The number of benzene rings is 2. The molecule has 0 aliphatic carbocycles. The summed E-state index contributed by atoms with van der Waals surface area (Å²) >= 11 is 6.28. The summed E-state index contributed by atoms with van der Waals surface area (Å²) in [6.45, 7) is 9.08. The van der Waals surface area contributed by atoms with Gasteiger partial charge in [0.15, 0.2) is 5.78 Å². The van der Waals surface area contributed by atoms with Gasteiger partial charge in [0.2, 0.25) is 0 Å². The summed E-state index contributed by atoms with van der Waals surface area (Å²) < 4.78 is 9.75. The van der Waals surface area contributed by atoms with Crippen molar-refractivity contribution in [3.05, 3.63) is 64.2 Å². The summed E-state index contributed by atoms with van der Waals surface area (Å²) in [6, 6.07) is 10.9. The lowest BCUT2D eigenvalue weighted by Crippen LogP contribution is -2.79. The van der Waals surface area contributed by atoms with Gasteiger partial charge >= 0.3 is 24.4 Å². The van der Waals surface area contributed by atoms with Gasteiger partial charge in [0.1, 0.15) is 12.1 Å². The average Bonchev–Trinajstić information content (AvgIpc) is 3.46. The molecule has 0 aromatic heterocycles. The molecule has 230 valence electrons. The van der Waals surface area contributed by atoms with Crippen LogP contribution in [0.2, 0.25) is 5.02 Å². The lowest BCUT2D eigenvalue weighted by atomic mass is 9.88. The third kappa shape index (κ3) is 6.83. The molecule has 43 heavy (non-hydrogen) atoms. The minimum Gasteiger partial charge on any atom is -0.459 e. The van der Waals surface area contributed by atoms with Gasteiger partial charge in [-0.15, -0.1) is 4.59 Å². The Morgan fingerprint density at radius 2 is 1.77 bits per heavy atom. The normalized spacial score (nSPS) is 19.6. The smallest absolute Gasteiger partial charge is 0.452 e. The molecule has 0 bridgehead atoms. The maximum absolute atomic E-state index is 14.5. The number of fused-ring (bicyclic) bond motifs is 1. The highest BCUT2D eigenvalue weighted by molar-refractivity contribution is 6.31. The van der Waals surface area contributed by atoms with Crippen molar-refractivity contribution >= 4 is 47.5 Å².